The number of hydrogen-bond acceptors (Lipinski definition) is 5. The zero-order chi connectivity index (χ0) is 20.9. The van der Waals surface area contributed by atoms with Crippen molar-refractivity contribution in [3.63, 3.8) is 0 Å². The highest BCUT2D eigenvalue weighted by atomic mass is 32.2. The molecule has 1 saturated heterocycles. The lowest BCUT2D eigenvalue weighted by atomic mass is 9.98. The van der Waals surface area contributed by atoms with Crippen LogP contribution in [-0.2, 0) is 10.0 Å². The van der Waals surface area contributed by atoms with Gasteiger partial charge in [-0.05, 0) is 43.0 Å². The third kappa shape index (κ3) is 5.52. The number of nitrogens with zero attached hydrogens (tertiary/aromatic N) is 2. The van der Waals surface area contributed by atoms with Crippen molar-refractivity contribution in [3.05, 3.63) is 54.4 Å². The highest BCUT2D eigenvalue weighted by molar-refractivity contribution is 7.99. The molecule has 29 heavy (non-hydrogen) atoms. The Morgan fingerprint density at radius 1 is 1.21 bits per heavy atom. The highest BCUT2D eigenvalue weighted by Gasteiger charge is 2.29. The molecule has 1 aliphatic rings. The first-order chi connectivity index (χ1) is 13.9. The van der Waals surface area contributed by atoms with E-state index in [4.69, 9.17) is 0 Å². The normalized spacial score (nSPS) is 16.1. The van der Waals surface area contributed by atoms with Crippen LogP contribution in [0.4, 0.5) is 8.78 Å². The van der Waals surface area contributed by atoms with Gasteiger partial charge in [0.15, 0.2) is 0 Å². The predicted octanol–water partition coefficient (Wildman–Crippen LogP) is 3.23. The summed E-state index contributed by atoms with van der Waals surface area (Å²) in [5.41, 5.74) is 0.217. The number of carbonyl (C=O) groups is 1. The summed E-state index contributed by atoms with van der Waals surface area (Å²) in [6.07, 6.45) is 4.06. The van der Waals surface area contributed by atoms with E-state index in [-0.39, 0.29) is 21.3 Å². The van der Waals surface area contributed by atoms with Gasteiger partial charge in [0.2, 0.25) is 10.0 Å². The summed E-state index contributed by atoms with van der Waals surface area (Å²) >= 11 is 0.343. The first-order valence-electron chi connectivity index (χ1n) is 9.10. The van der Waals surface area contributed by atoms with E-state index in [0.29, 0.717) is 44.2 Å². The Morgan fingerprint density at radius 3 is 2.59 bits per heavy atom. The largest absolute Gasteiger partial charge is 0.352 e. The Balaban J connectivity index is 1.54. The van der Waals surface area contributed by atoms with Crippen LogP contribution in [0.2, 0.25) is 0 Å². The maximum Gasteiger partial charge on any atom is 0.288 e. The lowest BCUT2D eigenvalue weighted by Crippen LogP contribution is -2.41. The third-order valence-corrected chi connectivity index (χ3v) is 7.42. The van der Waals surface area contributed by atoms with Crippen LogP contribution in [0, 0.1) is 5.92 Å². The number of halogens is 2. The number of rotatable bonds is 7. The topological polar surface area (TPSA) is 79.4 Å². The molecule has 1 aromatic carbocycles. The van der Waals surface area contributed by atoms with Crippen LogP contribution in [0.15, 0.2) is 58.6 Å². The summed E-state index contributed by atoms with van der Waals surface area (Å²) in [7, 11) is -3.57. The molecule has 1 amide bonds. The molecule has 0 atom stereocenters. The Hall–Kier alpha value is -2.04. The van der Waals surface area contributed by atoms with Gasteiger partial charge in [0.1, 0.15) is 4.90 Å². The number of nitrogens with one attached hydrogen (secondary N) is 1. The van der Waals surface area contributed by atoms with Crippen LogP contribution in [0.5, 0.6) is 0 Å². The van der Waals surface area contributed by atoms with Crippen LogP contribution in [0.25, 0.3) is 0 Å². The van der Waals surface area contributed by atoms with Crippen LogP contribution in [0.3, 0.4) is 0 Å². The van der Waals surface area contributed by atoms with Crippen LogP contribution >= 0.6 is 11.8 Å². The van der Waals surface area contributed by atoms with E-state index in [1.807, 2.05) is 0 Å². The Morgan fingerprint density at radius 2 is 1.93 bits per heavy atom. The summed E-state index contributed by atoms with van der Waals surface area (Å²) in [6.45, 7) is 1.08. The van der Waals surface area contributed by atoms with Gasteiger partial charge >= 0.3 is 0 Å². The average molecular weight is 442 g/mol. The molecule has 0 saturated carbocycles. The van der Waals surface area contributed by atoms with Gasteiger partial charge < -0.3 is 5.32 Å². The van der Waals surface area contributed by atoms with E-state index in [9.17, 15) is 22.0 Å². The Labute approximate surface area is 172 Å². The molecule has 156 valence electrons. The van der Waals surface area contributed by atoms with Crippen molar-refractivity contribution in [2.24, 2.45) is 5.92 Å². The molecule has 1 aliphatic heterocycles. The van der Waals surface area contributed by atoms with Crippen molar-refractivity contribution >= 4 is 27.7 Å². The molecule has 2 heterocycles. The van der Waals surface area contributed by atoms with Gasteiger partial charge in [0.25, 0.3) is 11.7 Å². The van der Waals surface area contributed by atoms with Crippen molar-refractivity contribution in [1.82, 2.24) is 14.6 Å². The van der Waals surface area contributed by atoms with Gasteiger partial charge in [0.05, 0.1) is 5.56 Å². The van der Waals surface area contributed by atoms with Gasteiger partial charge in [0, 0.05) is 36.9 Å². The van der Waals surface area contributed by atoms with E-state index in [0.717, 1.165) is 0 Å². The fraction of sp³-hybridized carbons (Fsp3) is 0.368. The zero-order valence-corrected chi connectivity index (χ0v) is 17.1. The zero-order valence-electron chi connectivity index (χ0n) is 15.5. The smallest absolute Gasteiger partial charge is 0.288 e. The van der Waals surface area contributed by atoms with Gasteiger partial charge in [-0.25, -0.2) is 8.42 Å². The summed E-state index contributed by atoms with van der Waals surface area (Å²) in [6, 6.07) is 9.35. The molecule has 0 radical (unpaired) electrons. The van der Waals surface area contributed by atoms with Crippen molar-refractivity contribution in [2.75, 3.05) is 19.6 Å². The number of thioether (sulfide) groups is 1. The molecule has 10 heteroatoms. The number of carbonyl (C=O) groups excluding carboxylic acids is 1. The molecule has 0 spiro atoms. The molecular formula is C19H21F2N3O3S2. The van der Waals surface area contributed by atoms with Gasteiger partial charge in [-0.15, -0.1) is 0 Å². The van der Waals surface area contributed by atoms with Crippen LogP contribution in [0.1, 0.15) is 23.2 Å². The molecule has 0 aliphatic carbocycles. The average Bonchev–Trinajstić information content (AvgIpc) is 2.73. The van der Waals surface area contributed by atoms with E-state index < -0.39 is 21.7 Å². The minimum atomic E-state index is -3.57. The molecule has 1 fully saturated rings. The van der Waals surface area contributed by atoms with Gasteiger partial charge in [-0.3, -0.25) is 9.78 Å². The summed E-state index contributed by atoms with van der Waals surface area (Å²) in [5, 5.41) is 2.79. The fourth-order valence-electron chi connectivity index (χ4n) is 3.19. The summed E-state index contributed by atoms with van der Waals surface area (Å²) in [5.74, 6) is -2.89. The third-order valence-electron chi connectivity index (χ3n) is 4.74. The standard InChI is InChI=1S/C19H21F2N3O3S2/c20-19(21)28-17-6-2-1-5-16(17)18(25)23-12-14-7-10-24(11-8-14)29(26,27)15-4-3-9-22-13-15/h1-6,9,13-14,19H,7-8,10-12H2,(H,23,25). The Kier molecular flexibility index (Phi) is 7.20. The van der Waals surface area contributed by atoms with Crippen molar-refractivity contribution in [2.45, 2.75) is 28.4 Å². The first-order valence-corrected chi connectivity index (χ1v) is 11.4. The molecule has 0 unspecified atom stereocenters. The number of piperidine rings is 1. The van der Waals surface area contributed by atoms with Crippen LogP contribution < -0.4 is 5.32 Å². The van der Waals surface area contributed by atoms with E-state index >= 15 is 0 Å². The summed E-state index contributed by atoms with van der Waals surface area (Å²) in [4.78, 5) is 16.7. The Bertz CT molecular complexity index is 935. The molecule has 0 bridgehead atoms. The number of hydrogen-bond donors (Lipinski definition) is 1. The van der Waals surface area contributed by atoms with Crippen molar-refractivity contribution in [1.29, 1.82) is 0 Å². The minimum Gasteiger partial charge on any atom is -0.352 e. The summed E-state index contributed by atoms with van der Waals surface area (Å²) < 4.78 is 52.0. The number of pyridine rings is 1. The van der Waals surface area contributed by atoms with Crippen LogP contribution in [-0.4, -0.2) is 49.0 Å². The quantitative estimate of drug-likeness (QED) is 0.668. The second-order valence-electron chi connectivity index (χ2n) is 6.62. The SMILES string of the molecule is O=C(NCC1CCN(S(=O)(=O)c2cccnc2)CC1)c1ccccc1SC(F)F. The number of sulfonamides is 1. The number of aromatic nitrogens is 1. The van der Waals surface area contributed by atoms with E-state index in [2.05, 4.69) is 10.3 Å². The number of alkyl halides is 2. The maximum absolute atomic E-state index is 12.7. The monoisotopic (exact) mass is 441 g/mol. The lowest BCUT2D eigenvalue weighted by molar-refractivity contribution is 0.0938. The maximum atomic E-state index is 12.7. The molecule has 2 aromatic rings. The van der Waals surface area contributed by atoms with Gasteiger partial charge in [-0.1, -0.05) is 23.9 Å². The van der Waals surface area contributed by atoms with Crippen molar-refractivity contribution in [3.8, 4) is 0 Å². The second kappa shape index (κ2) is 9.64. The van der Waals surface area contributed by atoms with E-state index in [1.54, 1.807) is 18.2 Å². The number of benzene rings is 1. The number of amides is 1. The van der Waals surface area contributed by atoms with Gasteiger partial charge in [-0.2, -0.15) is 13.1 Å². The molecule has 1 aromatic heterocycles. The molecule has 1 N–H and O–H groups in total. The highest BCUT2D eigenvalue weighted by Crippen LogP contribution is 2.28. The van der Waals surface area contributed by atoms with Crippen molar-refractivity contribution < 1.29 is 22.0 Å². The molecule has 6 nitrogen and oxygen atoms in total. The predicted molar refractivity (Wildman–Crippen MR) is 106 cm³/mol. The minimum absolute atomic E-state index is 0.120. The lowest BCUT2D eigenvalue weighted by Gasteiger charge is -2.31. The first kappa shape index (κ1) is 21.7. The molecule has 3 rings (SSSR count). The fourth-order valence-corrected chi connectivity index (χ4v) is 5.26. The van der Waals surface area contributed by atoms with E-state index in [1.165, 1.54) is 34.9 Å². The second-order valence-corrected chi connectivity index (χ2v) is 9.59. The molecular weight excluding hydrogens is 420 g/mol.